The molecule has 376 valence electrons. The van der Waals surface area contributed by atoms with Crippen molar-refractivity contribution in [3.05, 3.63) is 0 Å². The lowest BCUT2D eigenvalue weighted by Crippen LogP contribution is -2.25. The highest BCUT2D eigenvalue weighted by Gasteiger charge is 2.25. The van der Waals surface area contributed by atoms with Crippen LogP contribution in [0.15, 0.2) is 0 Å². The quantitative estimate of drug-likeness (QED) is 0.0424. The highest BCUT2D eigenvalue weighted by atomic mass is 16.6. The summed E-state index contributed by atoms with van der Waals surface area (Å²) in [5.74, 6) is -1.22. The van der Waals surface area contributed by atoms with Crippen LogP contribution in [0.4, 0.5) is 0 Å². The zero-order chi connectivity index (χ0) is 45.8. The van der Waals surface area contributed by atoms with Crippen LogP contribution in [-0.4, -0.2) is 144 Å². The summed E-state index contributed by atoms with van der Waals surface area (Å²) in [6.45, 7) is 17.6. The molecule has 0 aliphatic heterocycles. The Morgan fingerprint density at radius 1 is 0.317 bits per heavy atom. The van der Waals surface area contributed by atoms with Gasteiger partial charge in [0.1, 0.15) is 6.61 Å². The first-order valence-corrected chi connectivity index (χ1v) is 25.6. The summed E-state index contributed by atoms with van der Waals surface area (Å²) in [6.07, 6.45) is 27.9. The summed E-state index contributed by atoms with van der Waals surface area (Å²) in [5, 5.41) is 0. The van der Waals surface area contributed by atoms with Gasteiger partial charge in [0.15, 0.2) is 0 Å². The van der Waals surface area contributed by atoms with E-state index in [1.54, 1.807) is 6.92 Å². The summed E-state index contributed by atoms with van der Waals surface area (Å²) >= 11 is 0. The van der Waals surface area contributed by atoms with Gasteiger partial charge in [-0.15, -0.1) is 0 Å². The van der Waals surface area contributed by atoms with Gasteiger partial charge in [-0.05, 0) is 26.2 Å². The smallest absolute Gasteiger partial charge is 0.308 e. The minimum Gasteiger partial charge on any atom is -0.465 e. The van der Waals surface area contributed by atoms with Gasteiger partial charge in [0.25, 0.3) is 0 Å². The van der Waals surface area contributed by atoms with Crippen LogP contribution in [0.3, 0.4) is 0 Å². The van der Waals surface area contributed by atoms with E-state index < -0.39 is 0 Å². The molecule has 0 amide bonds. The fourth-order valence-electron chi connectivity index (χ4n) is 6.85. The fraction of sp³-hybridized carbons (Fsp3) is 0.960. The lowest BCUT2D eigenvalue weighted by atomic mass is 9.94. The van der Waals surface area contributed by atoms with Gasteiger partial charge in [-0.2, -0.15) is 0 Å². The Kier molecular flexibility index (Phi) is 52.0. The molecule has 0 radical (unpaired) electrons. The second-order valence-corrected chi connectivity index (χ2v) is 16.4. The molecule has 0 fully saturated rings. The predicted octanol–water partition coefficient (Wildman–Crippen LogP) is 10.1. The maximum absolute atomic E-state index is 12.7. The Hall–Kier alpha value is -1.42. The zero-order valence-corrected chi connectivity index (χ0v) is 41.2. The normalized spacial score (nSPS) is 12.5. The van der Waals surface area contributed by atoms with Gasteiger partial charge in [0, 0.05) is 6.61 Å². The van der Waals surface area contributed by atoms with E-state index in [9.17, 15) is 9.59 Å². The largest absolute Gasteiger partial charge is 0.465 e. The Morgan fingerprint density at radius 3 is 0.889 bits per heavy atom. The lowest BCUT2D eigenvalue weighted by Gasteiger charge is -2.18. The summed E-state index contributed by atoms with van der Waals surface area (Å²) in [7, 11) is 0. The van der Waals surface area contributed by atoms with Crippen molar-refractivity contribution in [2.75, 3.05) is 132 Å². The van der Waals surface area contributed by atoms with E-state index in [2.05, 4.69) is 6.92 Å². The molecule has 13 heteroatoms. The van der Waals surface area contributed by atoms with Crippen LogP contribution in [-0.2, 0) is 61.7 Å². The van der Waals surface area contributed by atoms with Crippen molar-refractivity contribution in [2.45, 2.75) is 169 Å². The number of ether oxygens (including phenoxy) is 11. The van der Waals surface area contributed by atoms with E-state index in [0.717, 1.165) is 12.8 Å². The molecule has 0 aliphatic carbocycles. The maximum atomic E-state index is 12.7. The van der Waals surface area contributed by atoms with Gasteiger partial charge in [-0.1, -0.05) is 143 Å². The van der Waals surface area contributed by atoms with E-state index in [1.807, 2.05) is 13.8 Å². The van der Waals surface area contributed by atoms with Crippen LogP contribution in [0.5, 0.6) is 0 Å². The second-order valence-electron chi connectivity index (χ2n) is 16.4. The molecular formula is C50H98O13. The second kappa shape index (κ2) is 53.2. The molecule has 2 atom stereocenters. The summed E-state index contributed by atoms with van der Waals surface area (Å²) < 4.78 is 60.0. The van der Waals surface area contributed by atoms with Gasteiger partial charge in [0.05, 0.1) is 131 Å². The van der Waals surface area contributed by atoms with Crippen molar-refractivity contribution in [2.24, 2.45) is 11.8 Å². The van der Waals surface area contributed by atoms with E-state index in [-0.39, 0.29) is 37.0 Å². The third kappa shape index (κ3) is 48.3. The van der Waals surface area contributed by atoms with Crippen LogP contribution in [0.25, 0.3) is 0 Å². The molecule has 0 rings (SSSR count). The van der Waals surface area contributed by atoms with Crippen molar-refractivity contribution in [1.29, 1.82) is 0 Å². The van der Waals surface area contributed by atoms with Crippen LogP contribution in [0, 0.1) is 11.8 Å². The number of esters is 2. The van der Waals surface area contributed by atoms with Gasteiger partial charge in [-0.25, -0.2) is 0 Å². The molecule has 0 bridgehead atoms. The van der Waals surface area contributed by atoms with Crippen LogP contribution < -0.4 is 0 Å². The standard InChI is InChI=1S/C50H98O13/c1-5-8-9-10-11-12-13-14-15-16-17-18-19-20-21-22-23-24-25-26-27-62-50(52)48(6-2)46-47(4)49(51)63-45-44-61-43-42-60-41-40-59-39-38-58-37-36-57-35-34-56-33-32-55-31-30-54-29-28-53-7-3/h47-48H,5-46H2,1-4H3. The Labute approximate surface area is 385 Å². The van der Waals surface area contributed by atoms with Crippen molar-refractivity contribution < 1.29 is 61.7 Å². The maximum Gasteiger partial charge on any atom is 0.308 e. The number of unbranched alkanes of at least 4 members (excludes halogenated alkanes) is 19. The SMILES string of the molecule is CCCCCCCCCCCCCCCCCCCCCCOC(=O)C(CC)CC(C)C(=O)OCCOCCOCCOCCOCCOCCOCCOCCOCCOCC. The fourth-order valence-corrected chi connectivity index (χ4v) is 6.85. The van der Waals surface area contributed by atoms with Gasteiger partial charge in [-0.3, -0.25) is 9.59 Å². The van der Waals surface area contributed by atoms with E-state index in [0.29, 0.717) is 132 Å². The molecule has 0 aromatic rings. The monoisotopic (exact) mass is 907 g/mol. The minimum absolute atomic E-state index is 0.161. The lowest BCUT2D eigenvalue weighted by molar-refractivity contribution is -0.153. The first kappa shape index (κ1) is 61.6. The molecule has 0 saturated heterocycles. The highest BCUT2D eigenvalue weighted by Crippen LogP contribution is 2.19. The zero-order valence-electron chi connectivity index (χ0n) is 41.2. The Morgan fingerprint density at radius 2 is 0.587 bits per heavy atom. The average molecular weight is 907 g/mol. The van der Waals surface area contributed by atoms with Gasteiger partial charge < -0.3 is 52.1 Å². The van der Waals surface area contributed by atoms with Crippen LogP contribution >= 0.6 is 0 Å². The summed E-state index contributed by atoms with van der Waals surface area (Å²) in [4.78, 5) is 25.2. The topological polar surface area (TPSA) is 136 Å². The number of hydrogen-bond donors (Lipinski definition) is 0. The summed E-state index contributed by atoms with van der Waals surface area (Å²) in [6, 6.07) is 0. The molecule has 0 heterocycles. The van der Waals surface area contributed by atoms with E-state index >= 15 is 0 Å². The third-order valence-corrected chi connectivity index (χ3v) is 10.8. The number of rotatable bonds is 54. The van der Waals surface area contributed by atoms with Gasteiger partial charge >= 0.3 is 11.9 Å². The molecule has 2 unspecified atom stereocenters. The Bertz CT molecular complexity index is 912. The predicted molar refractivity (Wildman–Crippen MR) is 251 cm³/mol. The molecule has 0 saturated carbocycles. The highest BCUT2D eigenvalue weighted by molar-refractivity contribution is 5.75. The number of carbonyl (C=O) groups excluding carboxylic acids is 2. The first-order chi connectivity index (χ1) is 31.1. The average Bonchev–Trinajstić information content (AvgIpc) is 3.29. The first-order valence-electron chi connectivity index (χ1n) is 25.6. The summed E-state index contributed by atoms with van der Waals surface area (Å²) in [5.41, 5.74) is 0. The molecule has 0 aromatic carbocycles. The molecule has 0 aromatic heterocycles. The van der Waals surface area contributed by atoms with Crippen molar-refractivity contribution in [3.63, 3.8) is 0 Å². The minimum atomic E-state index is -0.390. The number of hydrogen-bond acceptors (Lipinski definition) is 13. The third-order valence-electron chi connectivity index (χ3n) is 10.8. The molecule has 13 nitrogen and oxygen atoms in total. The molecule has 63 heavy (non-hydrogen) atoms. The molecule has 0 spiro atoms. The van der Waals surface area contributed by atoms with Crippen molar-refractivity contribution in [1.82, 2.24) is 0 Å². The van der Waals surface area contributed by atoms with E-state index in [4.69, 9.17) is 52.1 Å². The van der Waals surface area contributed by atoms with Crippen molar-refractivity contribution >= 4 is 11.9 Å². The van der Waals surface area contributed by atoms with Gasteiger partial charge in [0.2, 0.25) is 0 Å². The molecule has 0 N–H and O–H groups in total. The Balaban J connectivity index is 3.47. The molecular weight excluding hydrogens is 809 g/mol. The number of carbonyl (C=O) groups is 2. The van der Waals surface area contributed by atoms with E-state index in [1.165, 1.54) is 116 Å². The van der Waals surface area contributed by atoms with Crippen molar-refractivity contribution in [3.8, 4) is 0 Å². The van der Waals surface area contributed by atoms with Crippen LogP contribution in [0.1, 0.15) is 169 Å². The molecule has 0 aliphatic rings. The van der Waals surface area contributed by atoms with Crippen LogP contribution in [0.2, 0.25) is 0 Å².